The van der Waals surface area contributed by atoms with Crippen LogP contribution in [0.15, 0.2) is 71.1 Å². The number of sulfone groups is 1. The number of anilines is 1. The van der Waals surface area contributed by atoms with Gasteiger partial charge in [0.05, 0.1) is 5.75 Å². The summed E-state index contributed by atoms with van der Waals surface area (Å²) < 4.78 is 24.7. The molecule has 132 valence electrons. The third-order valence-corrected chi connectivity index (χ3v) is 6.30. The average Bonchev–Trinajstić information content (AvgIpc) is 3.11. The van der Waals surface area contributed by atoms with Crippen LogP contribution in [0.1, 0.15) is 11.1 Å². The first-order valence-corrected chi connectivity index (χ1v) is 10.1. The average molecular weight is 385 g/mol. The number of nitrogens with zero attached hydrogens (tertiary/aromatic N) is 2. The van der Waals surface area contributed by atoms with Gasteiger partial charge in [0.25, 0.3) is 0 Å². The monoisotopic (exact) mass is 385 g/mol. The summed E-state index contributed by atoms with van der Waals surface area (Å²) in [4.78, 5) is 11.9. The summed E-state index contributed by atoms with van der Waals surface area (Å²) in [6.45, 7) is 0. The summed E-state index contributed by atoms with van der Waals surface area (Å²) >= 11 is 0.833. The summed E-state index contributed by atoms with van der Waals surface area (Å²) in [6.07, 6.45) is 3.01. The Bertz CT molecular complexity index is 1010. The molecule has 0 unspecified atom stereocenters. The van der Waals surface area contributed by atoms with Gasteiger partial charge in [-0.25, -0.2) is 8.42 Å². The number of hydrogen-bond donors (Lipinski definition) is 1. The highest BCUT2D eigenvalue weighted by Gasteiger charge is 2.21. The second-order valence-electron chi connectivity index (χ2n) is 5.35. The van der Waals surface area contributed by atoms with Crippen LogP contribution >= 0.6 is 11.3 Å². The maximum absolute atomic E-state index is 12.4. The van der Waals surface area contributed by atoms with Gasteiger partial charge in [0.1, 0.15) is 0 Å². The van der Waals surface area contributed by atoms with Crippen LogP contribution in [0.2, 0.25) is 0 Å². The lowest BCUT2D eigenvalue weighted by molar-refractivity contribution is -0.111. The Hall–Kier alpha value is -2.84. The zero-order valence-electron chi connectivity index (χ0n) is 13.6. The molecule has 1 aromatic heterocycles. The van der Waals surface area contributed by atoms with Crippen molar-refractivity contribution in [3.8, 4) is 0 Å². The fourth-order valence-corrected chi connectivity index (χ4v) is 4.45. The molecule has 0 radical (unpaired) electrons. The summed E-state index contributed by atoms with van der Waals surface area (Å²) in [5.41, 5.74) is 1.55. The van der Waals surface area contributed by atoms with E-state index in [4.69, 9.17) is 0 Å². The lowest BCUT2D eigenvalue weighted by Crippen LogP contribution is -2.07. The van der Waals surface area contributed by atoms with E-state index in [0.29, 0.717) is 5.56 Å². The Labute approximate surface area is 155 Å². The van der Waals surface area contributed by atoms with Gasteiger partial charge < -0.3 is 0 Å². The van der Waals surface area contributed by atoms with Gasteiger partial charge in [-0.1, -0.05) is 72.0 Å². The van der Waals surface area contributed by atoms with Gasteiger partial charge in [-0.15, -0.1) is 10.2 Å². The maximum Gasteiger partial charge on any atom is 0.250 e. The van der Waals surface area contributed by atoms with Gasteiger partial charge in [-0.2, -0.15) is 0 Å². The molecule has 26 heavy (non-hydrogen) atoms. The number of nitrogens with one attached hydrogen (secondary N) is 1. The molecule has 6 nitrogen and oxygen atoms in total. The van der Waals surface area contributed by atoms with Crippen LogP contribution in [0.5, 0.6) is 0 Å². The molecule has 0 saturated carbocycles. The molecule has 1 N–H and O–H groups in total. The molecule has 0 spiro atoms. The molecule has 0 bridgehead atoms. The van der Waals surface area contributed by atoms with Crippen molar-refractivity contribution in [1.82, 2.24) is 10.2 Å². The Balaban J connectivity index is 1.66. The summed E-state index contributed by atoms with van der Waals surface area (Å²) in [5.74, 6) is -0.568. The Morgan fingerprint density at radius 3 is 2.35 bits per heavy atom. The van der Waals surface area contributed by atoms with Crippen molar-refractivity contribution in [1.29, 1.82) is 0 Å². The number of benzene rings is 2. The molecule has 0 aliphatic heterocycles. The predicted octanol–water partition coefficient (Wildman–Crippen LogP) is 3.16. The first kappa shape index (κ1) is 18.0. The van der Waals surface area contributed by atoms with Gasteiger partial charge >= 0.3 is 0 Å². The maximum atomic E-state index is 12.4. The van der Waals surface area contributed by atoms with Crippen LogP contribution in [0.4, 0.5) is 5.13 Å². The van der Waals surface area contributed by atoms with Crippen molar-refractivity contribution in [2.24, 2.45) is 0 Å². The van der Waals surface area contributed by atoms with Crippen molar-refractivity contribution in [3.63, 3.8) is 0 Å². The van der Waals surface area contributed by atoms with Crippen molar-refractivity contribution in [2.45, 2.75) is 10.1 Å². The van der Waals surface area contributed by atoms with Gasteiger partial charge in [0.15, 0.2) is 0 Å². The minimum Gasteiger partial charge on any atom is -0.297 e. The number of carbonyl (C=O) groups excluding carboxylic acids is 1. The summed E-state index contributed by atoms with van der Waals surface area (Å²) in [6, 6.07) is 18.2. The van der Waals surface area contributed by atoms with E-state index in [2.05, 4.69) is 15.5 Å². The highest BCUT2D eigenvalue weighted by Crippen LogP contribution is 2.23. The molecule has 0 fully saturated rings. The first-order valence-electron chi connectivity index (χ1n) is 7.67. The smallest absolute Gasteiger partial charge is 0.250 e. The van der Waals surface area contributed by atoms with E-state index in [0.717, 1.165) is 16.9 Å². The normalized spacial score (nSPS) is 11.5. The topological polar surface area (TPSA) is 89.0 Å². The molecule has 0 aliphatic rings. The standard InChI is InChI=1S/C18H15N3O3S2/c22-16(12-11-14-7-3-1-4-8-14)19-17-20-21-18(25-17)26(23,24)13-15-9-5-2-6-10-15/h1-12H,13H2,(H,19,20,22). The van der Waals surface area contributed by atoms with E-state index in [1.807, 2.05) is 36.4 Å². The Morgan fingerprint density at radius 2 is 1.65 bits per heavy atom. The van der Waals surface area contributed by atoms with Crippen molar-refractivity contribution in [3.05, 3.63) is 77.9 Å². The van der Waals surface area contributed by atoms with Gasteiger partial charge in [0, 0.05) is 6.08 Å². The molecule has 2 aromatic carbocycles. The second-order valence-corrected chi connectivity index (χ2v) is 8.49. The van der Waals surface area contributed by atoms with Crippen molar-refractivity contribution < 1.29 is 13.2 Å². The fourth-order valence-electron chi connectivity index (χ4n) is 2.12. The van der Waals surface area contributed by atoms with Crippen LogP contribution in [-0.2, 0) is 20.4 Å². The largest absolute Gasteiger partial charge is 0.297 e. The zero-order chi connectivity index (χ0) is 18.4. The molecule has 0 saturated heterocycles. The molecule has 3 aromatic rings. The molecule has 8 heteroatoms. The molecular formula is C18H15N3O3S2. The predicted molar refractivity (Wildman–Crippen MR) is 101 cm³/mol. The van der Waals surface area contributed by atoms with Gasteiger partial charge in [-0.3, -0.25) is 10.1 Å². The lowest BCUT2D eigenvalue weighted by atomic mass is 10.2. The van der Waals surface area contributed by atoms with Crippen molar-refractivity contribution in [2.75, 3.05) is 5.32 Å². The number of hydrogen-bond acceptors (Lipinski definition) is 6. The van der Waals surface area contributed by atoms with Crippen molar-refractivity contribution >= 4 is 38.3 Å². The van der Waals surface area contributed by atoms with E-state index in [1.165, 1.54) is 6.08 Å². The summed E-state index contributed by atoms with van der Waals surface area (Å²) in [5, 5.41) is 10.1. The fraction of sp³-hybridized carbons (Fsp3) is 0.0556. The van der Waals surface area contributed by atoms with Gasteiger partial charge in [0.2, 0.25) is 25.2 Å². The quantitative estimate of drug-likeness (QED) is 0.520. The van der Waals surface area contributed by atoms with Gasteiger partial charge in [-0.05, 0) is 17.2 Å². The van der Waals surface area contributed by atoms with Crippen LogP contribution in [-0.4, -0.2) is 24.5 Å². The molecular weight excluding hydrogens is 370 g/mol. The lowest BCUT2D eigenvalue weighted by Gasteiger charge is -1.99. The third kappa shape index (κ3) is 4.84. The number of rotatable bonds is 6. The molecule has 1 amide bonds. The van der Waals surface area contributed by atoms with Crippen LogP contribution < -0.4 is 5.32 Å². The number of aromatic nitrogens is 2. The van der Waals surface area contributed by atoms with Crippen LogP contribution in [0.3, 0.4) is 0 Å². The first-order chi connectivity index (χ1) is 12.5. The van der Waals surface area contributed by atoms with E-state index in [1.54, 1.807) is 30.3 Å². The Morgan fingerprint density at radius 1 is 1.00 bits per heavy atom. The van der Waals surface area contributed by atoms with E-state index in [9.17, 15) is 13.2 Å². The highest BCUT2D eigenvalue weighted by molar-refractivity contribution is 7.92. The molecule has 0 aliphatic carbocycles. The van der Waals surface area contributed by atoms with E-state index >= 15 is 0 Å². The minimum atomic E-state index is -3.61. The zero-order valence-corrected chi connectivity index (χ0v) is 15.2. The van der Waals surface area contributed by atoms with E-state index < -0.39 is 15.7 Å². The van der Waals surface area contributed by atoms with Crippen LogP contribution in [0.25, 0.3) is 6.08 Å². The third-order valence-electron chi connectivity index (χ3n) is 3.33. The number of amides is 1. The molecule has 1 heterocycles. The Kier molecular flexibility index (Phi) is 5.55. The highest BCUT2D eigenvalue weighted by atomic mass is 32.2. The number of carbonyl (C=O) groups is 1. The minimum absolute atomic E-state index is 0.122. The summed E-state index contributed by atoms with van der Waals surface area (Å²) in [7, 11) is -3.61. The van der Waals surface area contributed by atoms with E-state index in [-0.39, 0.29) is 15.2 Å². The molecule has 3 rings (SSSR count). The van der Waals surface area contributed by atoms with Crippen LogP contribution in [0, 0.1) is 0 Å². The SMILES string of the molecule is O=C(C=Cc1ccccc1)Nc1nnc(S(=O)(=O)Cc2ccccc2)s1. The molecule has 0 atom stereocenters. The second kappa shape index (κ2) is 8.03.